The zero-order valence-corrected chi connectivity index (χ0v) is 15.8. The molecule has 0 aliphatic carbocycles. The van der Waals surface area contributed by atoms with Crippen molar-refractivity contribution in [3.8, 4) is 0 Å². The Labute approximate surface area is 152 Å². The molecule has 4 heterocycles. The molecule has 1 N–H and O–H groups in total. The quantitative estimate of drug-likeness (QED) is 0.877. The van der Waals surface area contributed by atoms with Crippen LogP contribution >= 0.6 is 11.3 Å². The summed E-state index contributed by atoms with van der Waals surface area (Å²) in [6.45, 7) is 9.62. The second kappa shape index (κ2) is 6.61. The lowest BCUT2D eigenvalue weighted by molar-refractivity contribution is -0.149. The number of likely N-dealkylation sites (tertiary alicyclic amines) is 2. The summed E-state index contributed by atoms with van der Waals surface area (Å²) in [5, 5.41) is 11.1. The number of nitrogens with zero attached hydrogens (tertiary/aromatic N) is 3. The Kier molecular flexibility index (Phi) is 4.60. The minimum atomic E-state index is -0.624. The summed E-state index contributed by atoms with van der Waals surface area (Å²) in [5.41, 5.74) is 0.501. The standard InChI is InChI=1S/C18H27N3O3S/c1-12-16(19-13(2)25-12)9-20-7-14-8-21(15-3-5-24-6-4-15)11-18(14,10-20)17(22)23/h14-15H,3-11H2,1-2H3,(H,22,23)/t14-,18-/m1/s1. The minimum absolute atomic E-state index is 0.216. The maximum Gasteiger partial charge on any atom is 0.312 e. The molecule has 7 heteroatoms. The van der Waals surface area contributed by atoms with E-state index in [9.17, 15) is 9.90 Å². The molecular weight excluding hydrogens is 338 g/mol. The number of carboxylic acids is 1. The van der Waals surface area contributed by atoms with Crippen molar-refractivity contribution in [2.24, 2.45) is 11.3 Å². The van der Waals surface area contributed by atoms with Crippen LogP contribution in [0.25, 0.3) is 0 Å². The molecule has 4 rings (SSSR count). The van der Waals surface area contributed by atoms with Crippen molar-refractivity contribution in [3.63, 3.8) is 0 Å². The van der Waals surface area contributed by atoms with E-state index in [0.717, 1.165) is 56.4 Å². The molecule has 0 saturated carbocycles. The molecule has 0 radical (unpaired) electrons. The second-order valence-corrected chi connectivity index (χ2v) is 9.24. The van der Waals surface area contributed by atoms with Gasteiger partial charge >= 0.3 is 5.97 Å². The van der Waals surface area contributed by atoms with Gasteiger partial charge in [0.05, 0.1) is 16.1 Å². The molecule has 1 aromatic heterocycles. The fraction of sp³-hybridized carbons (Fsp3) is 0.778. The van der Waals surface area contributed by atoms with Gasteiger partial charge in [-0.05, 0) is 26.7 Å². The lowest BCUT2D eigenvalue weighted by Crippen LogP contribution is -2.44. The van der Waals surface area contributed by atoms with E-state index in [1.165, 1.54) is 4.88 Å². The Morgan fingerprint density at radius 2 is 2.08 bits per heavy atom. The molecule has 25 heavy (non-hydrogen) atoms. The van der Waals surface area contributed by atoms with Crippen LogP contribution in [-0.4, -0.2) is 71.3 Å². The molecule has 138 valence electrons. The average molecular weight is 365 g/mol. The zero-order chi connectivity index (χ0) is 17.6. The summed E-state index contributed by atoms with van der Waals surface area (Å²) in [7, 11) is 0. The van der Waals surface area contributed by atoms with Gasteiger partial charge in [-0.25, -0.2) is 4.98 Å². The first-order valence-electron chi connectivity index (χ1n) is 9.18. The third-order valence-corrected chi connectivity index (χ3v) is 7.14. The number of carbonyl (C=O) groups is 1. The van der Waals surface area contributed by atoms with Gasteiger partial charge in [-0.2, -0.15) is 0 Å². The topological polar surface area (TPSA) is 65.9 Å². The van der Waals surface area contributed by atoms with E-state index in [4.69, 9.17) is 4.74 Å². The molecule has 3 aliphatic rings. The number of fused-ring (bicyclic) bond motifs is 1. The van der Waals surface area contributed by atoms with E-state index in [1.807, 2.05) is 6.92 Å². The molecule has 0 bridgehead atoms. The van der Waals surface area contributed by atoms with Crippen molar-refractivity contribution in [2.45, 2.75) is 39.3 Å². The van der Waals surface area contributed by atoms with Gasteiger partial charge in [0, 0.05) is 62.8 Å². The van der Waals surface area contributed by atoms with Crippen LogP contribution in [0.3, 0.4) is 0 Å². The number of aliphatic carboxylic acids is 1. The number of aromatic nitrogens is 1. The number of thiazole rings is 1. The summed E-state index contributed by atoms with van der Waals surface area (Å²) < 4.78 is 5.47. The van der Waals surface area contributed by atoms with Gasteiger partial charge in [0.1, 0.15) is 0 Å². The largest absolute Gasteiger partial charge is 0.481 e. The Balaban J connectivity index is 1.47. The molecule has 6 nitrogen and oxygen atoms in total. The zero-order valence-electron chi connectivity index (χ0n) is 15.0. The highest BCUT2D eigenvalue weighted by molar-refractivity contribution is 7.11. The Hall–Kier alpha value is -1.02. The normalized spacial score (nSPS) is 31.5. The number of ether oxygens (including phenoxy) is 1. The first-order valence-corrected chi connectivity index (χ1v) is 10.00. The van der Waals surface area contributed by atoms with Gasteiger partial charge in [-0.15, -0.1) is 11.3 Å². The molecule has 0 amide bonds. The van der Waals surface area contributed by atoms with Gasteiger partial charge < -0.3 is 9.84 Å². The van der Waals surface area contributed by atoms with Crippen LogP contribution in [0.1, 0.15) is 28.4 Å². The van der Waals surface area contributed by atoms with Gasteiger partial charge in [-0.1, -0.05) is 0 Å². The van der Waals surface area contributed by atoms with Crippen molar-refractivity contribution in [1.82, 2.24) is 14.8 Å². The summed E-state index contributed by atoms with van der Waals surface area (Å²) >= 11 is 1.72. The van der Waals surface area contributed by atoms with Crippen molar-refractivity contribution in [3.05, 3.63) is 15.6 Å². The predicted molar refractivity (Wildman–Crippen MR) is 95.8 cm³/mol. The van der Waals surface area contributed by atoms with Crippen molar-refractivity contribution in [1.29, 1.82) is 0 Å². The van der Waals surface area contributed by atoms with Crippen LogP contribution in [0.15, 0.2) is 0 Å². The highest BCUT2D eigenvalue weighted by atomic mass is 32.1. The van der Waals surface area contributed by atoms with Crippen molar-refractivity contribution in [2.75, 3.05) is 39.4 Å². The highest BCUT2D eigenvalue weighted by Gasteiger charge is 2.58. The van der Waals surface area contributed by atoms with Gasteiger partial charge in [-0.3, -0.25) is 14.6 Å². The van der Waals surface area contributed by atoms with Crippen LogP contribution in [0.5, 0.6) is 0 Å². The number of rotatable bonds is 4. The lowest BCUT2D eigenvalue weighted by atomic mass is 9.81. The SMILES string of the molecule is Cc1nc(CN2C[C@@H]3CN(C4CCOCC4)C[C@]3(C(=O)O)C2)c(C)s1. The Bertz CT molecular complexity index is 658. The van der Waals surface area contributed by atoms with Crippen LogP contribution in [-0.2, 0) is 16.1 Å². The monoisotopic (exact) mass is 365 g/mol. The Morgan fingerprint density at radius 1 is 1.32 bits per heavy atom. The van der Waals surface area contributed by atoms with E-state index >= 15 is 0 Å². The molecular formula is C18H27N3O3S. The number of carboxylic acid groups (broad SMARTS) is 1. The molecule has 3 saturated heterocycles. The predicted octanol–water partition coefficient (Wildman–Crippen LogP) is 1.76. The van der Waals surface area contributed by atoms with E-state index in [0.29, 0.717) is 19.1 Å². The smallest absolute Gasteiger partial charge is 0.312 e. The average Bonchev–Trinajstić information content (AvgIpc) is 3.19. The molecule has 0 spiro atoms. The molecule has 3 aliphatic heterocycles. The maximum absolute atomic E-state index is 12.2. The summed E-state index contributed by atoms with van der Waals surface area (Å²) in [5.74, 6) is -0.409. The molecule has 0 unspecified atom stereocenters. The van der Waals surface area contributed by atoms with E-state index < -0.39 is 11.4 Å². The first kappa shape index (κ1) is 17.4. The van der Waals surface area contributed by atoms with Gasteiger partial charge in [0.15, 0.2) is 0 Å². The summed E-state index contributed by atoms with van der Waals surface area (Å²) in [4.78, 5) is 22.8. The minimum Gasteiger partial charge on any atom is -0.481 e. The third kappa shape index (κ3) is 3.12. The van der Waals surface area contributed by atoms with Crippen molar-refractivity contribution < 1.29 is 14.6 Å². The van der Waals surface area contributed by atoms with E-state index in [-0.39, 0.29) is 5.92 Å². The molecule has 3 fully saturated rings. The Morgan fingerprint density at radius 3 is 2.68 bits per heavy atom. The van der Waals surface area contributed by atoms with Crippen LogP contribution in [0, 0.1) is 25.2 Å². The van der Waals surface area contributed by atoms with E-state index in [1.54, 1.807) is 11.3 Å². The summed E-state index contributed by atoms with van der Waals surface area (Å²) in [6, 6.07) is 0.493. The molecule has 2 atom stereocenters. The second-order valence-electron chi connectivity index (χ2n) is 7.84. The maximum atomic E-state index is 12.2. The number of hydrogen-bond acceptors (Lipinski definition) is 6. The fourth-order valence-electron chi connectivity index (χ4n) is 4.89. The summed E-state index contributed by atoms with van der Waals surface area (Å²) in [6.07, 6.45) is 2.06. The van der Waals surface area contributed by atoms with E-state index in [2.05, 4.69) is 21.7 Å². The number of hydrogen-bond donors (Lipinski definition) is 1. The van der Waals surface area contributed by atoms with Crippen LogP contribution in [0.2, 0.25) is 0 Å². The fourth-order valence-corrected chi connectivity index (χ4v) is 5.72. The third-order valence-electron chi connectivity index (χ3n) is 6.21. The molecule has 1 aromatic rings. The lowest BCUT2D eigenvalue weighted by Gasteiger charge is -2.33. The molecule has 0 aromatic carbocycles. The van der Waals surface area contributed by atoms with Crippen LogP contribution < -0.4 is 0 Å². The van der Waals surface area contributed by atoms with Gasteiger partial charge in [0.2, 0.25) is 0 Å². The van der Waals surface area contributed by atoms with Crippen LogP contribution in [0.4, 0.5) is 0 Å². The first-order chi connectivity index (χ1) is 12.0. The number of aryl methyl sites for hydroxylation is 2. The van der Waals surface area contributed by atoms with Gasteiger partial charge in [0.25, 0.3) is 0 Å². The van der Waals surface area contributed by atoms with Crippen molar-refractivity contribution >= 4 is 17.3 Å². The highest BCUT2D eigenvalue weighted by Crippen LogP contribution is 2.44.